The number of hydrogen-bond donors (Lipinski definition) is 1. The van der Waals surface area contributed by atoms with Crippen LogP contribution in [-0.4, -0.2) is 14.7 Å². The van der Waals surface area contributed by atoms with Gasteiger partial charge in [-0.1, -0.05) is 23.8 Å². The molecule has 0 amide bonds. The Labute approximate surface area is 108 Å². The fourth-order valence-electron chi connectivity index (χ4n) is 2.13. The molecule has 0 aliphatic rings. The summed E-state index contributed by atoms with van der Waals surface area (Å²) in [5, 5.41) is 10.4. The van der Waals surface area contributed by atoms with Gasteiger partial charge in [0.15, 0.2) is 0 Å². The van der Waals surface area contributed by atoms with Crippen molar-refractivity contribution in [2.45, 2.75) is 40.3 Å². The molecule has 0 saturated carbocycles. The Kier molecular flexibility index (Phi) is 3.53. The van der Waals surface area contributed by atoms with Crippen LogP contribution in [0.15, 0.2) is 24.5 Å². The van der Waals surface area contributed by atoms with Crippen LogP contribution in [0.25, 0.3) is 0 Å². The van der Waals surface area contributed by atoms with Crippen LogP contribution in [0, 0.1) is 27.7 Å². The monoisotopic (exact) mass is 244 g/mol. The Morgan fingerprint density at radius 1 is 1.22 bits per heavy atom. The summed E-state index contributed by atoms with van der Waals surface area (Å²) >= 11 is 0. The lowest BCUT2D eigenvalue weighted by molar-refractivity contribution is 0.155. The number of aromatic nitrogens is 2. The summed E-state index contributed by atoms with van der Waals surface area (Å²) in [4.78, 5) is 4.25. The van der Waals surface area contributed by atoms with Gasteiger partial charge in [0.05, 0.1) is 24.7 Å². The van der Waals surface area contributed by atoms with Crippen LogP contribution in [0.5, 0.6) is 0 Å². The van der Waals surface area contributed by atoms with Crippen LogP contribution in [-0.2, 0) is 6.54 Å². The van der Waals surface area contributed by atoms with Gasteiger partial charge in [-0.2, -0.15) is 0 Å². The number of benzene rings is 1. The van der Waals surface area contributed by atoms with E-state index in [1.54, 1.807) is 6.33 Å². The van der Waals surface area contributed by atoms with Crippen molar-refractivity contribution in [2.24, 2.45) is 0 Å². The van der Waals surface area contributed by atoms with Crippen molar-refractivity contribution in [3.8, 4) is 0 Å². The van der Waals surface area contributed by atoms with Gasteiger partial charge in [-0.15, -0.1) is 0 Å². The molecule has 1 unspecified atom stereocenters. The molecule has 2 aromatic rings. The summed E-state index contributed by atoms with van der Waals surface area (Å²) in [7, 11) is 0. The zero-order chi connectivity index (χ0) is 13.3. The third kappa shape index (κ3) is 2.46. The number of aliphatic hydroxyl groups excluding tert-OH is 1. The SMILES string of the molecule is Cc1ccc(C)c(C(O)Cn2cnc(C)c2C)c1. The van der Waals surface area contributed by atoms with Crippen LogP contribution in [0.2, 0.25) is 0 Å². The Hall–Kier alpha value is -1.61. The fourth-order valence-corrected chi connectivity index (χ4v) is 2.13. The van der Waals surface area contributed by atoms with Crippen molar-refractivity contribution >= 4 is 0 Å². The van der Waals surface area contributed by atoms with Gasteiger partial charge in [0.1, 0.15) is 0 Å². The predicted octanol–water partition coefficient (Wildman–Crippen LogP) is 2.85. The van der Waals surface area contributed by atoms with Gasteiger partial charge in [0.25, 0.3) is 0 Å². The fraction of sp³-hybridized carbons (Fsp3) is 0.400. The second kappa shape index (κ2) is 4.94. The molecule has 0 fully saturated rings. The van der Waals surface area contributed by atoms with E-state index < -0.39 is 6.10 Å². The minimum absolute atomic E-state index is 0.489. The molecule has 0 aliphatic carbocycles. The van der Waals surface area contributed by atoms with E-state index in [0.717, 1.165) is 22.5 Å². The molecule has 1 heterocycles. The first-order valence-corrected chi connectivity index (χ1v) is 6.22. The van der Waals surface area contributed by atoms with Gasteiger partial charge in [-0.05, 0) is 38.8 Å². The molecule has 1 atom stereocenters. The number of rotatable bonds is 3. The van der Waals surface area contributed by atoms with E-state index in [0.29, 0.717) is 6.54 Å². The summed E-state index contributed by atoms with van der Waals surface area (Å²) in [6.45, 7) is 8.64. The van der Waals surface area contributed by atoms with Crippen LogP contribution < -0.4 is 0 Å². The first kappa shape index (κ1) is 12.8. The summed E-state index contributed by atoms with van der Waals surface area (Å²) in [6, 6.07) is 6.18. The van der Waals surface area contributed by atoms with E-state index in [9.17, 15) is 5.11 Å². The molecule has 0 radical (unpaired) electrons. The van der Waals surface area contributed by atoms with E-state index in [1.165, 1.54) is 5.56 Å². The molecular weight excluding hydrogens is 224 g/mol. The third-order valence-corrected chi connectivity index (χ3v) is 3.51. The van der Waals surface area contributed by atoms with Crippen molar-refractivity contribution in [1.82, 2.24) is 9.55 Å². The molecule has 1 aromatic carbocycles. The van der Waals surface area contributed by atoms with Crippen LogP contribution in [0.3, 0.4) is 0 Å². The number of imidazole rings is 1. The standard InChI is InChI=1S/C15H20N2O/c1-10-5-6-11(2)14(7-10)15(18)8-17-9-16-12(3)13(17)4/h5-7,9,15,18H,8H2,1-4H3. The van der Waals surface area contributed by atoms with Gasteiger partial charge in [0, 0.05) is 5.69 Å². The highest BCUT2D eigenvalue weighted by Crippen LogP contribution is 2.21. The largest absolute Gasteiger partial charge is 0.387 e. The maximum Gasteiger partial charge on any atom is 0.0972 e. The molecule has 1 aromatic heterocycles. The van der Waals surface area contributed by atoms with E-state index in [4.69, 9.17) is 0 Å². The summed E-state index contributed by atoms with van der Waals surface area (Å²) in [6.07, 6.45) is 1.30. The highest BCUT2D eigenvalue weighted by atomic mass is 16.3. The zero-order valence-electron chi connectivity index (χ0n) is 11.4. The first-order valence-electron chi connectivity index (χ1n) is 6.22. The second-order valence-corrected chi connectivity index (χ2v) is 4.94. The van der Waals surface area contributed by atoms with Crippen molar-refractivity contribution in [2.75, 3.05) is 0 Å². The quantitative estimate of drug-likeness (QED) is 0.901. The first-order chi connectivity index (χ1) is 8.49. The predicted molar refractivity (Wildman–Crippen MR) is 72.6 cm³/mol. The maximum atomic E-state index is 10.4. The zero-order valence-corrected chi connectivity index (χ0v) is 11.4. The summed E-state index contributed by atoms with van der Waals surface area (Å²) < 4.78 is 2.00. The van der Waals surface area contributed by atoms with Crippen LogP contribution in [0.4, 0.5) is 0 Å². The minimum Gasteiger partial charge on any atom is -0.387 e. The molecule has 3 heteroatoms. The molecule has 0 saturated heterocycles. The number of nitrogens with zero attached hydrogens (tertiary/aromatic N) is 2. The smallest absolute Gasteiger partial charge is 0.0972 e. The van der Waals surface area contributed by atoms with Crippen LogP contribution in [0.1, 0.15) is 34.2 Å². The summed E-state index contributed by atoms with van der Waals surface area (Å²) in [5.74, 6) is 0. The van der Waals surface area contributed by atoms with Gasteiger partial charge in [-0.25, -0.2) is 4.98 Å². The molecule has 1 N–H and O–H groups in total. The minimum atomic E-state index is -0.489. The number of hydrogen-bond acceptors (Lipinski definition) is 2. The van der Waals surface area contributed by atoms with E-state index >= 15 is 0 Å². The highest BCUT2D eigenvalue weighted by molar-refractivity contribution is 5.32. The van der Waals surface area contributed by atoms with E-state index in [1.807, 2.05) is 32.3 Å². The van der Waals surface area contributed by atoms with E-state index in [-0.39, 0.29) is 0 Å². The topological polar surface area (TPSA) is 38.0 Å². The molecule has 0 bridgehead atoms. The highest BCUT2D eigenvalue weighted by Gasteiger charge is 2.13. The molecule has 2 rings (SSSR count). The lowest BCUT2D eigenvalue weighted by Gasteiger charge is -2.16. The summed E-state index contributed by atoms with van der Waals surface area (Å²) in [5.41, 5.74) is 5.43. The Morgan fingerprint density at radius 3 is 2.56 bits per heavy atom. The molecule has 3 nitrogen and oxygen atoms in total. The molecular formula is C15H20N2O. The molecule has 0 aliphatic heterocycles. The Morgan fingerprint density at radius 2 is 1.94 bits per heavy atom. The van der Waals surface area contributed by atoms with Crippen molar-refractivity contribution in [1.29, 1.82) is 0 Å². The Balaban J connectivity index is 2.24. The van der Waals surface area contributed by atoms with Crippen LogP contribution >= 0.6 is 0 Å². The molecule has 96 valence electrons. The number of aryl methyl sites for hydroxylation is 3. The van der Waals surface area contributed by atoms with Crippen molar-refractivity contribution in [3.63, 3.8) is 0 Å². The Bertz CT molecular complexity index is 558. The average Bonchev–Trinajstić information content (AvgIpc) is 2.64. The van der Waals surface area contributed by atoms with Gasteiger partial charge in [-0.3, -0.25) is 0 Å². The van der Waals surface area contributed by atoms with Crippen molar-refractivity contribution in [3.05, 3.63) is 52.6 Å². The van der Waals surface area contributed by atoms with Gasteiger partial charge in [0.2, 0.25) is 0 Å². The van der Waals surface area contributed by atoms with Gasteiger partial charge < -0.3 is 9.67 Å². The lowest BCUT2D eigenvalue weighted by atomic mass is 10.0. The normalized spacial score (nSPS) is 12.7. The lowest BCUT2D eigenvalue weighted by Crippen LogP contribution is -2.10. The van der Waals surface area contributed by atoms with E-state index in [2.05, 4.69) is 23.2 Å². The van der Waals surface area contributed by atoms with Gasteiger partial charge >= 0.3 is 0 Å². The molecule has 18 heavy (non-hydrogen) atoms. The maximum absolute atomic E-state index is 10.4. The molecule has 0 spiro atoms. The average molecular weight is 244 g/mol. The number of aliphatic hydroxyl groups is 1. The van der Waals surface area contributed by atoms with Crippen molar-refractivity contribution < 1.29 is 5.11 Å². The second-order valence-electron chi connectivity index (χ2n) is 4.94. The third-order valence-electron chi connectivity index (χ3n) is 3.51.